The molecule has 30 heavy (non-hydrogen) atoms. The number of nitrogens with one attached hydrogen (secondary N) is 1. The Morgan fingerprint density at radius 2 is 1.90 bits per heavy atom. The Hall–Kier alpha value is -3.56. The van der Waals surface area contributed by atoms with Crippen LogP contribution in [0.25, 0.3) is 11.5 Å². The number of anilines is 1. The van der Waals surface area contributed by atoms with E-state index in [1.54, 1.807) is 18.2 Å². The highest BCUT2D eigenvalue weighted by molar-refractivity contribution is 5.92. The number of benzene rings is 2. The summed E-state index contributed by atoms with van der Waals surface area (Å²) in [6.45, 7) is 0. The number of aryl methyl sites for hydroxylation is 1. The van der Waals surface area contributed by atoms with Gasteiger partial charge < -0.3 is 19.2 Å². The van der Waals surface area contributed by atoms with Gasteiger partial charge in [-0.1, -0.05) is 6.07 Å². The van der Waals surface area contributed by atoms with E-state index in [-0.39, 0.29) is 36.1 Å². The van der Waals surface area contributed by atoms with Gasteiger partial charge >= 0.3 is 6.18 Å². The standard InChI is InChI=1S/C20H18F3N3O4/c1-28-14-6-7-16(29-2)15(11-14)24-17(27)8-9-18-25-26-19(30-18)12-4-3-5-13(10-12)20(21,22)23/h3-7,10-11H,8-9H2,1-2H3,(H,24,27). The number of methoxy groups -OCH3 is 2. The Morgan fingerprint density at radius 3 is 2.60 bits per heavy atom. The number of hydrogen-bond donors (Lipinski definition) is 1. The second kappa shape index (κ2) is 8.85. The van der Waals surface area contributed by atoms with Crippen molar-refractivity contribution < 1.29 is 31.9 Å². The maximum absolute atomic E-state index is 12.9. The number of ether oxygens (including phenoxy) is 2. The van der Waals surface area contributed by atoms with E-state index in [0.717, 1.165) is 12.1 Å². The molecule has 0 aliphatic rings. The molecular formula is C20H18F3N3O4. The van der Waals surface area contributed by atoms with Crippen molar-refractivity contribution in [3.05, 3.63) is 53.9 Å². The molecule has 0 spiro atoms. The summed E-state index contributed by atoms with van der Waals surface area (Å²) >= 11 is 0. The number of nitrogens with zero attached hydrogens (tertiary/aromatic N) is 2. The topological polar surface area (TPSA) is 86.5 Å². The molecule has 10 heteroatoms. The van der Waals surface area contributed by atoms with Crippen molar-refractivity contribution in [2.24, 2.45) is 0 Å². The molecule has 0 radical (unpaired) electrons. The fourth-order valence-corrected chi connectivity index (χ4v) is 2.64. The number of hydrogen-bond acceptors (Lipinski definition) is 6. The smallest absolute Gasteiger partial charge is 0.416 e. The summed E-state index contributed by atoms with van der Waals surface area (Å²) in [5, 5.41) is 10.3. The zero-order chi connectivity index (χ0) is 21.7. The molecule has 3 aromatic rings. The van der Waals surface area contributed by atoms with Crippen LogP contribution >= 0.6 is 0 Å². The first-order chi connectivity index (χ1) is 14.3. The molecule has 0 aliphatic heterocycles. The summed E-state index contributed by atoms with van der Waals surface area (Å²) in [7, 11) is 2.98. The molecule has 0 unspecified atom stereocenters. The molecule has 1 N–H and O–H groups in total. The summed E-state index contributed by atoms with van der Waals surface area (Å²) in [5.41, 5.74) is -0.224. The molecule has 0 atom stereocenters. The third kappa shape index (κ3) is 5.07. The second-order valence-corrected chi connectivity index (χ2v) is 6.19. The van der Waals surface area contributed by atoms with Crippen LogP contribution in [0, 0.1) is 0 Å². The van der Waals surface area contributed by atoms with Gasteiger partial charge in [-0.3, -0.25) is 4.79 Å². The highest BCUT2D eigenvalue weighted by atomic mass is 19.4. The third-order valence-corrected chi connectivity index (χ3v) is 4.15. The van der Waals surface area contributed by atoms with Gasteiger partial charge in [0.2, 0.25) is 17.7 Å². The Labute approximate surface area is 169 Å². The first kappa shape index (κ1) is 21.2. The number of carbonyl (C=O) groups excluding carboxylic acids is 1. The molecule has 3 rings (SSSR count). The molecule has 1 heterocycles. The monoisotopic (exact) mass is 421 g/mol. The molecule has 0 fully saturated rings. The van der Waals surface area contributed by atoms with Gasteiger partial charge in [0, 0.05) is 24.5 Å². The van der Waals surface area contributed by atoms with Crippen LogP contribution in [-0.4, -0.2) is 30.3 Å². The van der Waals surface area contributed by atoms with Crippen LogP contribution < -0.4 is 14.8 Å². The summed E-state index contributed by atoms with van der Waals surface area (Å²) < 4.78 is 54.3. The zero-order valence-electron chi connectivity index (χ0n) is 16.1. The molecule has 0 saturated carbocycles. The van der Waals surface area contributed by atoms with Crippen LogP contribution in [0.1, 0.15) is 17.9 Å². The zero-order valence-corrected chi connectivity index (χ0v) is 16.1. The molecular weight excluding hydrogens is 403 g/mol. The Morgan fingerprint density at radius 1 is 1.10 bits per heavy atom. The molecule has 1 aromatic heterocycles. The summed E-state index contributed by atoms with van der Waals surface area (Å²) in [6, 6.07) is 9.56. The summed E-state index contributed by atoms with van der Waals surface area (Å²) in [5.74, 6) is 0.768. The van der Waals surface area contributed by atoms with Crippen molar-refractivity contribution in [1.82, 2.24) is 10.2 Å². The van der Waals surface area contributed by atoms with E-state index in [4.69, 9.17) is 13.9 Å². The minimum absolute atomic E-state index is 0.0184. The predicted octanol–water partition coefficient (Wildman–Crippen LogP) is 4.34. The highest BCUT2D eigenvalue weighted by Gasteiger charge is 2.30. The Kier molecular flexibility index (Phi) is 6.24. The fourth-order valence-electron chi connectivity index (χ4n) is 2.64. The number of aromatic nitrogens is 2. The van der Waals surface area contributed by atoms with Crippen molar-refractivity contribution >= 4 is 11.6 Å². The minimum Gasteiger partial charge on any atom is -0.497 e. The predicted molar refractivity (Wildman–Crippen MR) is 101 cm³/mol. The number of amides is 1. The van der Waals surface area contributed by atoms with Gasteiger partial charge in [-0.2, -0.15) is 13.2 Å². The molecule has 7 nitrogen and oxygen atoms in total. The van der Waals surface area contributed by atoms with Crippen LogP contribution in [0.3, 0.4) is 0 Å². The Balaban J connectivity index is 1.64. The molecule has 158 valence electrons. The number of carbonyl (C=O) groups is 1. The van der Waals surface area contributed by atoms with E-state index in [1.165, 1.54) is 26.4 Å². The Bertz CT molecular complexity index is 1030. The van der Waals surface area contributed by atoms with E-state index in [2.05, 4.69) is 15.5 Å². The van der Waals surface area contributed by atoms with Crippen molar-refractivity contribution in [2.45, 2.75) is 19.0 Å². The van der Waals surface area contributed by atoms with Gasteiger partial charge in [0.25, 0.3) is 0 Å². The average molecular weight is 421 g/mol. The number of halogens is 3. The maximum atomic E-state index is 12.9. The van der Waals surface area contributed by atoms with Crippen LogP contribution in [0.4, 0.5) is 18.9 Å². The van der Waals surface area contributed by atoms with E-state index >= 15 is 0 Å². The van der Waals surface area contributed by atoms with E-state index in [0.29, 0.717) is 17.2 Å². The van der Waals surface area contributed by atoms with Crippen LogP contribution in [0.15, 0.2) is 46.9 Å². The van der Waals surface area contributed by atoms with E-state index in [9.17, 15) is 18.0 Å². The summed E-state index contributed by atoms with van der Waals surface area (Å²) in [4.78, 5) is 12.3. The largest absolute Gasteiger partial charge is 0.497 e. The molecule has 2 aromatic carbocycles. The normalized spacial score (nSPS) is 11.2. The van der Waals surface area contributed by atoms with Gasteiger partial charge in [-0.25, -0.2) is 0 Å². The van der Waals surface area contributed by atoms with Crippen LogP contribution in [0.2, 0.25) is 0 Å². The minimum atomic E-state index is -4.47. The second-order valence-electron chi connectivity index (χ2n) is 6.19. The number of rotatable bonds is 7. The highest BCUT2D eigenvalue weighted by Crippen LogP contribution is 2.32. The van der Waals surface area contributed by atoms with E-state index < -0.39 is 11.7 Å². The summed E-state index contributed by atoms with van der Waals surface area (Å²) in [6.07, 6.45) is -4.34. The first-order valence-corrected chi connectivity index (χ1v) is 8.82. The quantitative estimate of drug-likeness (QED) is 0.611. The average Bonchev–Trinajstić information content (AvgIpc) is 3.21. The van der Waals surface area contributed by atoms with Crippen molar-refractivity contribution in [3.8, 4) is 23.0 Å². The lowest BCUT2D eigenvalue weighted by molar-refractivity contribution is -0.137. The molecule has 1 amide bonds. The lowest BCUT2D eigenvalue weighted by atomic mass is 10.1. The first-order valence-electron chi connectivity index (χ1n) is 8.82. The van der Waals surface area contributed by atoms with Crippen molar-refractivity contribution in [1.29, 1.82) is 0 Å². The van der Waals surface area contributed by atoms with Crippen LogP contribution in [-0.2, 0) is 17.4 Å². The SMILES string of the molecule is COc1ccc(OC)c(NC(=O)CCc2nnc(-c3cccc(C(F)(F)F)c3)o2)c1. The molecule has 0 saturated heterocycles. The van der Waals surface area contributed by atoms with Gasteiger partial charge in [-0.15, -0.1) is 10.2 Å². The van der Waals surface area contributed by atoms with Gasteiger partial charge in [0.15, 0.2) is 0 Å². The maximum Gasteiger partial charge on any atom is 0.416 e. The van der Waals surface area contributed by atoms with E-state index in [1.807, 2.05) is 0 Å². The van der Waals surface area contributed by atoms with Gasteiger partial charge in [-0.05, 0) is 30.3 Å². The number of alkyl halides is 3. The van der Waals surface area contributed by atoms with Gasteiger partial charge in [0.1, 0.15) is 11.5 Å². The lowest BCUT2D eigenvalue weighted by Gasteiger charge is -2.11. The fraction of sp³-hybridized carbons (Fsp3) is 0.250. The van der Waals surface area contributed by atoms with Crippen LogP contribution in [0.5, 0.6) is 11.5 Å². The molecule has 0 aliphatic carbocycles. The van der Waals surface area contributed by atoms with Crippen molar-refractivity contribution in [3.63, 3.8) is 0 Å². The third-order valence-electron chi connectivity index (χ3n) is 4.15. The molecule has 0 bridgehead atoms. The van der Waals surface area contributed by atoms with Gasteiger partial charge in [0.05, 0.1) is 25.5 Å². The lowest BCUT2D eigenvalue weighted by Crippen LogP contribution is -2.13. The van der Waals surface area contributed by atoms with Crippen molar-refractivity contribution in [2.75, 3.05) is 19.5 Å².